The topological polar surface area (TPSA) is 136 Å². The van der Waals surface area contributed by atoms with E-state index >= 15 is 0 Å². The summed E-state index contributed by atoms with van der Waals surface area (Å²) in [7, 11) is 0. The van der Waals surface area contributed by atoms with Gasteiger partial charge in [0.1, 0.15) is 24.9 Å². The van der Waals surface area contributed by atoms with E-state index in [1.54, 1.807) is 33.8 Å². The molecule has 44 heavy (non-hydrogen) atoms. The van der Waals surface area contributed by atoms with Crippen LogP contribution in [0.25, 0.3) is 0 Å². The SMILES string of the molecule is CC1=NC(C)=C(C(=O)OCCOc2ccc(CCOC3CCCCO3)cc2)C(c2cccc([N+](=O)[O-])c2)C1C(=O)OC(C)C. The predicted molar refractivity (Wildman–Crippen MR) is 163 cm³/mol. The Morgan fingerprint density at radius 2 is 1.84 bits per heavy atom. The standard InChI is InChI=1S/C33H40N2O9/c1-21(2)44-33(37)30-23(4)34-22(3)29(31(30)25-8-7-9-26(20-25)35(38)39)32(36)43-19-18-40-27-13-11-24(12-14-27)15-17-42-28-10-5-6-16-41-28/h7-9,11-14,20-21,28,30-31H,5-6,10,15-19H2,1-4H3. The summed E-state index contributed by atoms with van der Waals surface area (Å²) < 4.78 is 28.2. The largest absolute Gasteiger partial charge is 0.490 e. The molecule has 11 nitrogen and oxygen atoms in total. The Morgan fingerprint density at radius 1 is 1.07 bits per heavy atom. The number of hydrogen-bond acceptors (Lipinski definition) is 10. The molecule has 3 atom stereocenters. The van der Waals surface area contributed by atoms with Crippen molar-refractivity contribution >= 4 is 23.3 Å². The van der Waals surface area contributed by atoms with Crippen LogP contribution in [-0.4, -0.2) is 61.4 Å². The lowest BCUT2D eigenvalue weighted by Gasteiger charge is -2.32. The summed E-state index contributed by atoms with van der Waals surface area (Å²) >= 11 is 0. The Labute approximate surface area is 257 Å². The molecule has 1 fully saturated rings. The van der Waals surface area contributed by atoms with Crippen molar-refractivity contribution < 1.29 is 38.2 Å². The number of hydrogen-bond donors (Lipinski definition) is 0. The van der Waals surface area contributed by atoms with Crippen molar-refractivity contribution in [1.82, 2.24) is 0 Å². The second-order valence-corrected chi connectivity index (χ2v) is 11.1. The fourth-order valence-electron chi connectivity index (χ4n) is 5.38. The van der Waals surface area contributed by atoms with Gasteiger partial charge < -0.3 is 23.7 Å². The Morgan fingerprint density at radius 3 is 2.52 bits per heavy atom. The zero-order chi connectivity index (χ0) is 31.6. The van der Waals surface area contributed by atoms with E-state index in [0.29, 0.717) is 29.3 Å². The van der Waals surface area contributed by atoms with E-state index in [1.807, 2.05) is 24.3 Å². The van der Waals surface area contributed by atoms with Gasteiger partial charge in [0.05, 0.1) is 23.2 Å². The number of ether oxygens (including phenoxy) is 5. The molecule has 0 radical (unpaired) electrons. The van der Waals surface area contributed by atoms with Crippen molar-refractivity contribution in [3.8, 4) is 5.75 Å². The smallest absolute Gasteiger partial charge is 0.336 e. The Bertz CT molecular complexity index is 1380. The first-order valence-electron chi connectivity index (χ1n) is 15.0. The van der Waals surface area contributed by atoms with Crippen LogP contribution in [0.2, 0.25) is 0 Å². The summed E-state index contributed by atoms with van der Waals surface area (Å²) in [5, 5.41) is 11.5. The van der Waals surface area contributed by atoms with Gasteiger partial charge in [-0.3, -0.25) is 19.9 Å². The monoisotopic (exact) mass is 608 g/mol. The molecule has 236 valence electrons. The number of non-ortho nitro benzene ring substituents is 1. The summed E-state index contributed by atoms with van der Waals surface area (Å²) in [4.78, 5) is 42.2. The number of nitro benzene ring substituents is 1. The molecule has 0 spiro atoms. The summed E-state index contributed by atoms with van der Waals surface area (Å²) in [6.45, 7) is 8.15. The first-order valence-corrected chi connectivity index (χ1v) is 15.0. The maximum atomic E-state index is 13.5. The Hall–Kier alpha value is -4.09. The molecule has 0 N–H and O–H groups in total. The number of esters is 2. The van der Waals surface area contributed by atoms with E-state index in [1.165, 1.54) is 18.2 Å². The van der Waals surface area contributed by atoms with Crippen LogP contribution in [0.5, 0.6) is 5.75 Å². The molecule has 0 bridgehead atoms. The molecule has 2 aromatic carbocycles. The highest BCUT2D eigenvalue weighted by atomic mass is 16.7. The fraction of sp³-hybridized carbons (Fsp3) is 0.485. The zero-order valence-electron chi connectivity index (χ0n) is 25.7. The number of aliphatic imine (C=N–C) groups is 1. The molecule has 1 saturated heterocycles. The van der Waals surface area contributed by atoms with Crippen molar-refractivity contribution in [2.75, 3.05) is 26.4 Å². The van der Waals surface area contributed by atoms with Crippen LogP contribution in [0.3, 0.4) is 0 Å². The zero-order valence-corrected chi connectivity index (χ0v) is 25.7. The van der Waals surface area contributed by atoms with Gasteiger partial charge in [-0.25, -0.2) is 4.79 Å². The summed E-state index contributed by atoms with van der Waals surface area (Å²) in [6, 6.07) is 13.5. The Balaban J connectivity index is 1.39. The molecule has 0 aliphatic carbocycles. The third kappa shape index (κ3) is 8.73. The van der Waals surface area contributed by atoms with Crippen LogP contribution < -0.4 is 4.74 Å². The van der Waals surface area contributed by atoms with Gasteiger partial charge in [0.2, 0.25) is 0 Å². The minimum Gasteiger partial charge on any atom is -0.490 e. The van der Waals surface area contributed by atoms with E-state index in [9.17, 15) is 19.7 Å². The molecule has 4 rings (SSSR count). The van der Waals surface area contributed by atoms with E-state index < -0.39 is 34.8 Å². The van der Waals surface area contributed by atoms with Crippen LogP contribution in [0, 0.1) is 16.0 Å². The van der Waals surface area contributed by atoms with Crippen LogP contribution in [0.4, 0.5) is 5.69 Å². The average molecular weight is 609 g/mol. The van der Waals surface area contributed by atoms with Gasteiger partial charge in [-0.1, -0.05) is 24.3 Å². The number of nitro groups is 1. The van der Waals surface area contributed by atoms with Crippen molar-refractivity contribution in [3.63, 3.8) is 0 Å². The normalized spacial score (nSPS) is 20.2. The van der Waals surface area contributed by atoms with Crippen molar-refractivity contribution in [2.24, 2.45) is 10.9 Å². The molecule has 2 heterocycles. The van der Waals surface area contributed by atoms with Crippen LogP contribution >= 0.6 is 0 Å². The van der Waals surface area contributed by atoms with E-state index in [4.69, 9.17) is 23.7 Å². The molecule has 0 amide bonds. The van der Waals surface area contributed by atoms with Gasteiger partial charge in [-0.2, -0.15) is 0 Å². The Kier molecular flexibility index (Phi) is 11.6. The molecular weight excluding hydrogens is 568 g/mol. The van der Waals surface area contributed by atoms with Gasteiger partial charge >= 0.3 is 11.9 Å². The number of benzene rings is 2. The van der Waals surface area contributed by atoms with E-state index in [2.05, 4.69) is 4.99 Å². The van der Waals surface area contributed by atoms with Gasteiger partial charge in [-0.05, 0) is 76.6 Å². The van der Waals surface area contributed by atoms with Crippen molar-refractivity contribution in [2.45, 2.75) is 71.7 Å². The van der Waals surface area contributed by atoms with Gasteiger partial charge in [0.15, 0.2) is 6.29 Å². The molecule has 0 saturated carbocycles. The number of nitrogens with zero attached hydrogens (tertiary/aromatic N) is 2. The molecule has 0 aromatic heterocycles. The lowest BCUT2D eigenvalue weighted by molar-refractivity contribution is -0.384. The summed E-state index contributed by atoms with van der Waals surface area (Å²) in [6.07, 6.45) is 3.39. The highest BCUT2D eigenvalue weighted by Crippen LogP contribution is 2.41. The minimum absolute atomic E-state index is 0.0575. The predicted octanol–water partition coefficient (Wildman–Crippen LogP) is 5.70. The van der Waals surface area contributed by atoms with Crippen LogP contribution in [-0.2, 0) is 35.0 Å². The first kappa shape index (κ1) is 32.8. The van der Waals surface area contributed by atoms with Crippen molar-refractivity contribution in [1.29, 1.82) is 0 Å². The molecule has 3 unspecified atom stereocenters. The fourth-order valence-corrected chi connectivity index (χ4v) is 5.38. The number of allylic oxidation sites excluding steroid dienone is 1. The number of carbonyl (C=O) groups is 2. The van der Waals surface area contributed by atoms with E-state index in [0.717, 1.165) is 37.9 Å². The lowest BCUT2D eigenvalue weighted by Crippen LogP contribution is -2.37. The maximum absolute atomic E-state index is 13.5. The molecular formula is C33H40N2O9. The third-order valence-corrected chi connectivity index (χ3v) is 7.44. The second-order valence-electron chi connectivity index (χ2n) is 11.1. The van der Waals surface area contributed by atoms with Gasteiger partial charge in [0.25, 0.3) is 5.69 Å². The minimum atomic E-state index is -0.957. The summed E-state index contributed by atoms with van der Waals surface area (Å²) in [5.41, 5.74) is 2.32. The maximum Gasteiger partial charge on any atom is 0.336 e. The van der Waals surface area contributed by atoms with E-state index in [-0.39, 0.29) is 30.8 Å². The highest BCUT2D eigenvalue weighted by molar-refractivity contribution is 6.07. The van der Waals surface area contributed by atoms with Crippen LogP contribution in [0.1, 0.15) is 64.0 Å². The summed E-state index contributed by atoms with van der Waals surface area (Å²) in [5.74, 6) is -2.47. The first-order chi connectivity index (χ1) is 21.1. The second kappa shape index (κ2) is 15.6. The lowest BCUT2D eigenvalue weighted by atomic mass is 9.75. The van der Waals surface area contributed by atoms with Crippen LogP contribution in [0.15, 0.2) is 64.8 Å². The molecule has 2 aromatic rings. The average Bonchev–Trinajstić information content (AvgIpc) is 2.99. The quantitative estimate of drug-likeness (QED) is 0.121. The molecule has 2 aliphatic rings. The van der Waals surface area contributed by atoms with Gasteiger partial charge in [-0.15, -0.1) is 0 Å². The molecule has 11 heteroatoms. The van der Waals surface area contributed by atoms with Crippen molar-refractivity contribution in [3.05, 3.63) is 81.0 Å². The van der Waals surface area contributed by atoms with Gasteiger partial charge in [0, 0.05) is 36.1 Å². The number of carbonyl (C=O) groups excluding carboxylic acids is 2. The molecule has 2 aliphatic heterocycles. The highest BCUT2D eigenvalue weighted by Gasteiger charge is 2.43. The number of rotatable bonds is 13. The third-order valence-electron chi connectivity index (χ3n) is 7.44.